The molecule has 0 aromatic heterocycles. The SMILES string of the molecule is CC(C)NC(=O)c1ccc(CCN2CCCN(C(N)=O)CC2)c(NC(=O)c2cccc(Cl)c2)c1. The number of carbonyl (C=O) groups excluding carboxylic acids is 3. The Balaban J connectivity index is 1.77. The van der Waals surface area contributed by atoms with Gasteiger partial charge < -0.3 is 26.2 Å². The van der Waals surface area contributed by atoms with Gasteiger partial charge in [-0.25, -0.2) is 4.79 Å². The summed E-state index contributed by atoms with van der Waals surface area (Å²) in [5, 5.41) is 6.32. The molecule has 4 N–H and O–H groups in total. The second-order valence-corrected chi connectivity index (χ2v) is 9.17. The second kappa shape index (κ2) is 11.9. The lowest BCUT2D eigenvalue weighted by Gasteiger charge is -2.21. The largest absolute Gasteiger partial charge is 0.351 e. The van der Waals surface area contributed by atoms with E-state index in [0.717, 1.165) is 31.6 Å². The van der Waals surface area contributed by atoms with Crippen molar-refractivity contribution >= 4 is 35.1 Å². The van der Waals surface area contributed by atoms with Crippen LogP contribution in [0.4, 0.5) is 10.5 Å². The number of hydrogen-bond donors (Lipinski definition) is 3. The molecule has 0 saturated carbocycles. The first-order valence-electron chi connectivity index (χ1n) is 11.5. The fraction of sp³-hybridized carbons (Fsp3) is 0.400. The van der Waals surface area contributed by atoms with E-state index in [1.807, 2.05) is 19.9 Å². The van der Waals surface area contributed by atoms with Crippen LogP contribution in [0.5, 0.6) is 0 Å². The molecule has 0 radical (unpaired) electrons. The monoisotopic (exact) mass is 485 g/mol. The van der Waals surface area contributed by atoms with E-state index in [-0.39, 0.29) is 23.9 Å². The third-order valence-corrected chi connectivity index (χ3v) is 5.96. The van der Waals surface area contributed by atoms with Crippen LogP contribution in [-0.4, -0.2) is 66.4 Å². The molecule has 1 aliphatic rings. The lowest BCUT2D eigenvalue weighted by Crippen LogP contribution is -2.38. The first-order valence-corrected chi connectivity index (χ1v) is 11.9. The molecule has 0 spiro atoms. The van der Waals surface area contributed by atoms with Gasteiger partial charge in [-0.05, 0) is 69.1 Å². The molecule has 8 nitrogen and oxygen atoms in total. The topological polar surface area (TPSA) is 108 Å². The number of amides is 4. The van der Waals surface area contributed by atoms with Gasteiger partial charge in [-0.15, -0.1) is 0 Å². The molecule has 0 aliphatic carbocycles. The molecule has 0 atom stereocenters. The number of halogens is 1. The fourth-order valence-electron chi connectivity index (χ4n) is 3.92. The van der Waals surface area contributed by atoms with Crippen LogP contribution in [0.3, 0.4) is 0 Å². The minimum atomic E-state index is -0.386. The zero-order valence-electron chi connectivity index (χ0n) is 19.6. The number of anilines is 1. The highest BCUT2D eigenvalue weighted by Gasteiger charge is 2.18. The lowest BCUT2D eigenvalue weighted by molar-refractivity contribution is 0.0941. The highest BCUT2D eigenvalue weighted by atomic mass is 35.5. The zero-order valence-corrected chi connectivity index (χ0v) is 20.4. The van der Waals surface area contributed by atoms with Gasteiger partial charge in [0, 0.05) is 54.1 Å². The Bertz CT molecular complexity index is 1040. The molecule has 0 unspecified atom stereocenters. The van der Waals surface area contributed by atoms with Crippen LogP contribution in [0.2, 0.25) is 5.02 Å². The highest BCUT2D eigenvalue weighted by molar-refractivity contribution is 6.31. The number of nitrogens with one attached hydrogen (secondary N) is 2. The van der Waals surface area contributed by atoms with Crippen molar-refractivity contribution in [2.75, 3.05) is 38.0 Å². The third-order valence-electron chi connectivity index (χ3n) is 5.72. The van der Waals surface area contributed by atoms with E-state index in [9.17, 15) is 14.4 Å². The molecule has 0 bridgehead atoms. The van der Waals surface area contributed by atoms with Gasteiger partial charge in [-0.2, -0.15) is 0 Å². The van der Waals surface area contributed by atoms with Gasteiger partial charge in [0.05, 0.1) is 0 Å². The smallest absolute Gasteiger partial charge is 0.314 e. The molecule has 2 aromatic carbocycles. The Hall–Kier alpha value is -3.10. The summed E-state index contributed by atoms with van der Waals surface area (Å²) >= 11 is 6.05. The van der Waals surface area contributed by atoms with E-state index >= 15 is 0 Å². The Kier molecular flexibility index (Phi) is 8.90. The van der Waals surface area contributed by atoms with Gasteiger partial charge in [0.15, 0.2) is 0 Å². The maximum absolute atomic E-state index is 12.9. The molecule has 34 heavy (non-hydrogen) atoms. The van der Waals surface area contributed by atoms with Crippen LogP contribution in [0.15, 0.2) is 42.5 Å². The van der Waals surface area contributed by atoms with Gasteiger partial charge in [0.25, 0.3) is 11.8 Å². The molecule has 3 rings (SSSR count). The molecular formula is C25H32ClN5O3. The van der Waals surface area contributed by atoms with Crippen LogP contribution >= 0.6 is 11.6 Å². The maximum Gasteiger partial charge on any atom is 0.314 e. The number of primary amides is 1. The molecule has 1 aliphatic heterocycles. The summed E-state index contributed by atoms with van der Waals surface area (Å²) in [5.74, 6) is -0.490. The van der Waals surface area contributed by atoms with Crippen molar-refractivity contribution in [2.24, 2.45) is 5.73 Å². The van der Waals surface area contributed by atoms with Crippen molar-refractivity contribution < 1.29 is 14.4 Å². The molecule has 4 amide bonds. The molecule has 1 fully saturated rings. The molecule has 1 saturated heterocycles. The number of nitrogens with two attached hydrogens (primary N) is 1. The standard InChI is InChI=1S/C25H32ClN5O3/c1-17(2)28-23(32)20-8-7-18(9-12-30-10-4-11-31(14-13-30)25(27)34)22(16-20)29-24(33)19-5-3-6-21(26)15-19/h3,5-8,15-17H,4,9-14H2,1-2H3,(H2,27,34)(H,28,32)(H,29,33). The number of benzene rings is 2. The van der Waals surface area contributed by atoms with Crippen molar-refractivity contribution in [2.45, 2.75) is 32.7 Å². The average Bonchev–Trinajstić information content (AvgIpc) is 3.03. The van der Waals surface area contributed by atoms with Crippen LogP contribution < -0.4 is 16.4 Å². The molecule has 2 aromatic rings. The third kappa shape index (κ3) is 7.20. The van der Waals surface area contributed by atoms with E-state index in [0.29, 0.717) is 41.3 Å². The van der Waals surface area contributed by atoms with E-state index < -0.39 is 0 Å². The molecule has 9 heteroatoms. The van der Waals surface area contributed by atoms with Gasteiger partial charge in [-0.3, -0.25) is 9.59 Å². The first-order chi connectivity index (χ1) is 16.2. The molecule has 1 heterocycles. The van der Waals surface area contributed by atoms with Gasteiger partial charge in [0.1, 0.15) is 0 Å². The number of rotatable bonds is 7. The van der Waals surface area contributed by atoms with Crippen LogP contribution in [0.25, 0.3) is 0 Å². The Morgan fingerprint density at radius 1 is 1.00 bits per heavy atom. The van der Waals surface area contributed by atoms with Gasteiger partial charge in [-0.1, -0.05) is 23.7 Å². The number of hydrogen-bond acceptors (Lipinski definition) is 4. The normalized spacial score (nSPS) is 14.5. The van der Waals surface area contributed by atoms with Gasteiger partial charge >= 0.3 is 6.03 Å². The van der Waals surface area contributed by atoms with Crippen molar-refractivity contribution in [3.63, 3.8) is 0 Å². The predicted molar refractivity (Wildman–Crippen MR) is 134 cm³/mol. The van der Waals surface area contributed by atoms with Gasteiger partial charge in [0.2, 0.25) is 0 Å². The van der Waals surface area contributed by atoms with Crippen LogP contribution in [0, 0.1) is 0 Å². The van der Waals surface area contributed by atoms with E-state index in [4.69, 9.17) is 17.3 Å². The summed E-state index contributed by atoms with van der Waals surface area (Å²) in [6.45, 7) is 7.41. The Morgan fingerprint density at radius 3 is 2.47 bits per heavy atom. The van der Waals surface area contributed by atoms with Crippen LogP contribution in [-0.2, 0) is 6.42 Å². The van der Waals surface area contributed by atoms with Crippen molar-refractivity contribution in [1.82, 2.24) is 15.1 Å². The minimum Gasteiger partial charge on any atom is -0.351 e. The lowest BCUT2D eigenvalue weighted by atomic mass is 10.0. The Morgan fingerprint density at radius 2 is 1.76 bits per heavy atom. The van der Waals surface area contributed by atoms with E-state index in [1.54, 1.807) is 41.3 Å². The fourth-order valence-corrected chi connectivity index (χ4v) is 4.11. The second-order valence-electron chi connectivity index (χ2n) is 8.74. The summed E-state index contributed by atoms with van der Waals surface area (Å²) < 4.78 is 0. The maximum atomic E-state index is 12.9. The number of carbonyl (C=O) groups is 3. The predicted octanol–water partition coefficient (Wildman–Crippen LogP) is 3.36. The van der Waals surface area contributed by atoms with Crippen molar-refractivity contribution in [1.29, 1.82) is 0 Å². The summed E-state index contributed by atoms with van der Waals surface area (Å²) in [6.07, 6.45) is 1.53. The Labute approximate surface area is 205 Å². The van der Waals surface area contributed by atoms with Crippen LogP contribution in [0.1, 0.15) is 46.5 Å². The molecule has 182 valence electrons. The van der Waals surface area contributed by atoms with E-state index in [1.165, 1.54) is 0 Å². The average molecular weight is 486 g/mol. The van der Waals surface area contributed by atoms with Crippen molar-refractivity contribution in [3.05, 3.63) is 64.2 Å². The first kappa shape index (κ1) is 25.5. The molecular weight excluding hydrogens is 454 g/mol. The highest BCUT2D eigenvalue weighted by Crippen LogP contribution is 2.21. The zero-order chi connectivity index (χ0) is 24.7. The summed E-state index contributed by atoms with van der Waals surface area (Å²) in [4.78, 5) is 40.9. The summed E-state index contributed by atoms with van der Waals surface area (Å²) in [7, 11) is 0. The number of nitrogens with zero attached hydrogens (tertiary/aromatic N) is 2. The van der Waals surface area contributed by atoms with E-state index in [2.05, 4.69) is 15.5 Å². The van der Waals surface area contributed by atoms with Crippen molar-refractivity contribution in [3.8, 4) is 0 Å². The summed E-state index contributed by atoms with van der Waals surface area (Å²) in [6, 6.07) is 11.7. The number of urea groups is 1. The summed E-state index contributed by atoms with van der Waals surface area (Å²) in [5.41, 5.74) is 7.86. The quantitative estimate of drug-likeness (QED) is 0.558. The minimum absolute atomic E-state index is 0.000294.